The smallest absolute Gasteiger partial charge is 0.253 e. The predicted octanol–water partition coefficient (Wildman–Crippen LogP) is 1.15. The number of thioether (sulfide) groups is 1. The number of hydrogen-bond acceptors (Lipinski definition) is 7. The normalized spacial score (nSPS) is 12.3. The van der Waals surface area contributed by atoms with Gasteiger partial charge in [-0.1, -0.05) is 54.2 Å². The number of nitrogen functional groups attached to an aromatic ring is 1. The van der Waals surface area contributed by atoms with Crippen molar-refractivity contribution in [3.8, 4) is 0 Å². The molecule has 1 aromatic heterocycles. The zero-order chi connectivity index (χ0) is 21.7. The van der Waals surface area contributed by atoms with E-state index in [9.17, 15) is 18.0 Å². The fraction of sp³-hybridized carbons (Fsp3) is 0.105. The van der Waals surface area contributed by atoms with Crippen molar-refractivity contribution in [2.24, 2.45) is 5.14 Å². The minimum absolute atomic E-state index is 0.00742. The molecule has 1 atom stereocenters. The Morgan fingerprint density at radius 1 is 1.13 bits per heavy atom. The van der Waals surface area contributed by atoms with Crippen LogP contribution in [0.25, 0.3) is 0 Å². The lowest BCUT2D eigenvalue weighted by atomic mass is 10.1. The minimum atomic E-state index is -3.78. The number of hydrogen-bond donors (Lipinski definition) is 4. The Morgan fingerprint density at radius 3 is 2.40 bits per heavy atom. The van der Waals surface area contributed by atoms with Gasteiger partial charge in [0.1, 0.15) is 11.1 Å². The molecule has 30 heavy (non-hydrogen) atoms. The summed E-state index contributed by atoms with van der Waals surface area (Å²) >= 11 is 1.06. The van der Waals surface area contributed by atoms with E-state index in [1.165, 1.54) is 12.1 Å². The summed E-state index contributed by atoms with van der Waals surface area (Å²) in [6.07, 6.45) is 0. The molecule has 0 aliphatic carbocycles. The van der Waals surface area contributed by atoms with Crippen molar-refractivity contribution in [2.75, 3.05) is 5.73 Å². The van der Waals surface area contributed by atoms with Gasteiger partial charge in [0.05, 0.1) is 4.90 Å². The van der Waals surface area contributed by atoms with Crippen molar-refractivity contribution in [3.05, 3.63) is 82.1 Å². The Morgan fingerprint density at radius 2 is 1.80 bits per heavy atom. The van der Waals surface area contributed by atoms with Crippen LogP contribution in [0.4, 0.5) is 5.82 Å². The second kappa shape index (κ2) is 9.11. The molecule has 0 spiro atoms. The maximum atomic E-state index is 12.9. The van der Waals surface area contributed by atoms with Crippen LogP contribution < -0.4 is 21.7 Å². The van der Waals surface area contributed by atoms with Crippen LogP contribution in [0, 0.1) is 0 Å². The first-order valence-corrected chi connectivity index (χ1v) is 11.1. The number of carbonyl (C=O) groups excluding carboxylic acids is 1. The van der Waals surface area contributed by atoms with Crippen LogP contribution in [-0.4, -0.2) is 24.3 Å². The molecule has 0 fully saturated rings. The molecule has 1 heterocycles. The van der Waals surface area contributed by atoms with E-state index in [0.717, 1.165) is 23.4 Å². The number of nitrogens with zero attached hydrogens (tertiary/aromatic N) is 1. The number of primary sulfonamides is 1. The number of aromatic nitrogens is 2. The number of anilines is 1. The van der Waals surface area contributed by atoms with E-state index in [1.54, 1.807) is 36.4 Å². The number of aromatic amines is 1. The molecular formula is C19H19N5O4S2. The van der Waals surface area contributed by atoms with Crippen molar-refractivity contribution in [2.45, 2.75) is 21.8 Å². The van der Waals surface area contributed by atoms with E-state index in [2.05, 4.69) is 15.3 Å². The molecule has 0 saturated carbocycles. The summed E-state index contributed by atoms with van der Waals surface area (Å²) in [5, 5.41) is 7.43. The zero-order valence-corrected chi connectivity index (χ0v) is 17.2. The van der Waals surface area contributed by atoms with Gasteiger partial charge in [-0.15, -0.1) is 0 Å². The predicted molar refractivity (Wildman–Crippen MR) is 114 cm³/mol. The van der Waals surface area contributed by atoms with Crippen LogP contribution in [0.3, 0.4) is 0 Å². The number of sulfonamides is 1. The van der Waals surface area contributed by atoms with Crippen molar-refractivity contribution >= 4 is 33.5 Å². The van der Waals surface area contributed by atoms with Crippen LogP contribution >= 0.6 is 11.8 Å². The number of carbonyl (C=O) groups is 1. The van der Waals surface area contributed by atoms with Crippen molar-refractivity contribution in [3.63, 3.8) is 0 Å². The number of amides is 1. The fourth-order valence-corrected chi connectivity index (χ4v) is 4.14. The maximum absolute atomic E-state index is 12.9. The Kier molecular flexibility index (Phi) is 6.55. The largest absolute Gasteiger partial charge is 0.383 e. The number of nitrogens with one attached hydrogen (secondary N) is 2. The molecule has 3 aromatic rings. The number of rotatable bonds is 7. The van der Waals surface area contributed by atoms with E-state index in [4.69, 9.17) is 10.9 Å². The van der Waals surface area contributed by atoms with Gasteiger partial charge in [-0.25, -0.2) is 18.5 Å². The molecule has 0 aliphatic rings. The number of nitrogens with two attached hydrogens (primary N) is 2. The summed E-state index contributed by atoms with van der Waals surface area (Å²) in [5.41, 5.74) is 6.64. The van der Waals surface area contributed by atoms with Gasteiger partial charge in [-0.3, -0.25) is 9.59 Å². The van der Waals surface area contributed by atoms with Crippen molar-refractivity contribution < 1.29 is 13.2 Å². The summed E-state index contributed by atoms with van der Waals surface area (Å²) in [6.45, 7) is 0.175. The van der Waals surface area contributed by atoms with Crippen molar-refractivity contribution in [1.29, 1.82) is 0 Å². The summed E-state index contributed by atoms with van der Waals surface area (Å²) in [6, 6.07) is 16.1. The second-order valence-corrected chi connectivity index (χ2v) is 8.95. The van der Waals surface area contributed by atoms with Crippen LogP contribution in [-0.2, 0) is 21.4 Å². The molecule has 0 bridgehead atoms. The molecule has 3 rings (SSSR count). The fourth-order valence-electron chi connectivity index (χ4n) is 2.60. The highest BCUT2D eigenvalue weighted by molar-refractivity contribution is 8.00. The van der Waals surface area contributed by atoms with E-state index in [1.807, 2.05) is 6.07 Å². The second-order valence-electron chi connectivity index (χ2n) is 6.29. The highest BCUT2D eigenvalue weighted by Gasteiger charge is 2.23. The van der Waals surface area contributed by atoms with E-state index in [-0.39, 0.29) is 28.3 Å². The first-order chi connectivity index (χ1) is 14.2. The van der Waals surface area contributed by atoms with E-state index in [0.29, 0.717) is 5.56 Å². The van der Waals surface area contributed by atoms with Gasteiger partial charge >= 0.3 is 0 Å². The summed E-state index contributed by atoms with van der Waals surface area (Å²) in [7, 11) is -3.78. The van der Waals surface area contributed by atoms with Gasteiger partial charge in [0.2, 0.25) is 15.9 Å². The Balaban J connectivity index is 1.78. The summed E-state index contributed by atoms with van der Waals surface area (Å²) in [5.74, 6) is -0.254. The maximum Gasteiger partial charge on any atom is 0.253 e. The Bertz CT molecular complexity index is 1200. The topological polar surface area (TPSA) is 161 Å². The first kappa shape index (κ1) is 21.6. The number of benzene rings is 2. The molecule has 0 radical (unpaired) electrons. The third-order valence-corrected chi connectivity index (χ3v) is 6.10. The first-order valence-electron chi connectivity index (χ1n) is 8.70. The molecule has 156 valence electrons. The molecule has 6 N–H and O–H groups in total. The van der Waals surface area contributed by atoms with Crippen LogP contribution in [0.2, 0.25) is 0 Å². The lowest BCUT2D eigenvalue weighted by Gasteiger charge is -2.16. The highest BCUT2D eigenvalue weighted by Crippen LogP contribution is 2.33. The molecule has 1 amide bonds. The third kappa shape index (κ3) is 5.69. The molecule has 11 heteroatoms. The van der Waals surface area contributed by atoms with E-state index < -0.39 is 20.8 Å². The average molecular weight is 446 g/mol. The monoisotopic (exact) mass is 445 g/mol. The molecule has 0 unspecified atom stereocenters. The lowest BCUT2D eigenvalue weighted by molar-refractivity contribution is -0.120. The quantitative estimate of drug-likeness (QED) is 0.313. The zero-order valence-electron chi connectivity index (χ0n) is 15.6. The SMILES string of the molecule is Nc1cc(=O)[nH]c(S[C@H](C(=O)NCc2ccc(S(N)(=O)=O)cc2)c2ccccc2)n1. The van der Waals surface area contributed by atoms with E-state index >= 15 is 0 Å². The minimum Gasteiger partial charge on any atom is -0.383 e. The highest BCUT2D eigenvalue weighted by atomic mass is 32.2. The summed E-state index contributed by atoms with van der Waals surface area (Å²) in [4.78, 5) is 31.2. The van der Waals surface area contributed by atoms with Crippen LogP contribution in [0.15, 0.2) is 75.5 Å². The van der Waals surface area contributed by atoms with Gasteiger partial charge in [-0.2, -0.15) is 0 Å². The van der Waals surface area contributed by atoms with Crippen LogP contribution in [0.5, 0.6) is 0 Å². The van der Waals surface area contributed by atoms with Gasteiger partial charge in [-0.05, 0) is 23.3 Å². The lowest BCUT2D eigenvalue weighted by Crippen LogP contribution is -2.28. The molecule has 9 nitrogen and oxygen atoms in total. The van der Waals surface area contributed by atoms with Gasteiger partial charge in [0.25, 0.3) is 5.56 Å². The molecule has 0 saturated heterocycles. The third-order valence-electron chi connectivity index (χ3n) is 4.03. The molecule has 0 aliphatic heterocycles. The van der Waals surface area contributed by atoms with Gasteiger partial charge < -0.3 is 16.0 Å². The summed E-state index contributed by atoms with van der Waals surface area (Å²) < 4.78 is 22.7. The Hall–Kier alpha value is -3.15. The molecular weight excluding hydrogens is 426 g/mol. The standard InChI is InChI=1S/C19H19N5O4S2/c20-15-10-16(25)24-19(23-15)29-17(13-4-2-1-3-5-13)18(26)22-11-12-6-8-14(9-7-12)30(21,27)28/h1-10,17H,11H2,(H,22,26)(H2,21,27,28)(H3,20,23,24,25)/t17-/m0/s1. The van der Waals surface area contributed by atoms with Crippen molar-refractivity contribution in [1.82, 2.24) is 15.3 Å². The van der Waals surface area contributed by atoms with Gasteiger partial charge in [0.15, 0.2) is 5.16 Å². The Labute approximate surface area is 177 Å². The van der Waals surface area contributed by atoms with Gasteiger partial charge in [0, 0.05) is 12.6 Å². The number of H-pyrrole nitrogens is 1. The average Bonchev–Trinajstić information content (AvgIpc) is 2.70. The van der Waals surface area contributed by atoms with Crippen LogP contribution in [0.1, 0.15) is 16.4 Å². The molecule has 2 aromatic carbocycles.